The van der Waals surface area contributed by atoms with Crippen LogP contribution in [0, 0.1) is 0 Å². The maximum atomic E-state index is 12.3. The quantitative estimate of drug-likeness (QED) is 0.781. The van der Waals surface area contributed by atoms with E-state index in [-0.39, 0.29) is 5.91 Å². The molecular weight excluding hydrogens is 228 g/mol. The van der Waals surface area contributed by atoms with Crippen molar-refractivity contribution in [3.8, 4) is 0 Å². The van der Waals surface area contributed by atoms with Crippen molar-refractivity contribution in [1.82, 2.24) is 15.1 Å². The van der Waals surface area contributed by atoms with E-state index >= 15 is 0 Å². The third kappa shape index (κ3) is 3.24. The molecule has 0 saturated heterocycles. The molecule has 0 atom stereocenters. The van der Waals surface area contributed by atoms with Gasteiger partial charge in [-0.3, -0.25) is 9.89 Å². The van der Waals surface area contributed by atoms with E-state index in [2.05, 4.69) is 31.0 Å². The first kappa shape index (κ1) is 14.5. The van der Waals surface area contributed by atoms with Crippen molar-refractivity contribution in [2.75, 3.05) is 18.8 Å². The normalized spacial score (nSPS) is 10.6. The van der Waals surface area contributed by atoms with E-state index in [9.17, 15) is 4.79 Å². The highest BCUT2D eigenvalue weighted by Gasteiger charge is 2.21. The van der Waals surface area contributed by atoms with Gasteiger partial charge in [0.2, 0.25) is 0 Å². The predicted octanol–water partition coefficient (Wildman–Crippen LogP) is 2.21. The van der Waals surface area contributed by atoms with Crippen LogP contribution in [0.25, 0.3) is 0 Å². The highest BCUT2D eigenvalue weighted by atomic mass is 16.2. The van der Waals surface area contributed by atoms with Crippen LogP contribution in [0.1, 0.15) is 56.2 Å². The van der Waals surface area contributed by atoms with Crippen molar-refractivity contribution in [2.24, 2.45) is 0 Å². The molecular formula is C13H24N4O. The Bertz CT molecular complexity index is 380. The van der Waals surface area contributed by atoms with Gasteiger partial charge in [-0.05, 0) is 19.3 Å². The van der Waals surface area contributed by atoms with Crippen LogP contribution in [-0.2, 0) is 6.42 Å². The molecule has 0 aromatic carbocycles. The summed E-state index contributed by atoms with van der Waals surface area (Å²) in [6.07, 6.45) is 3.69. The van der Waals surface area contributed by atoms with E-state index < -0.39 is 0 Å². The molecule has 0 aliphatic heterocycles. The largest absolute Gasteiger partial charge is 0.395 e. The molecule has 1 rings (SSSR count). The van der Waals surface area contributed by atoms with Gasteiger partial charge in [0, 0.05) is 13.1 Å². The minimum Gasteiger partial charge on any atom is -0.395 e. The van der Waals surface area contributed by atoms with Crippen molar-refractivity contribution < 1.29 is 4.79 Å². The second kappa shape index (κ2) is 7.03. The van der Waals surface area contributed by atoms with Crippen LogP contribution < -0.4 is 5.73 Å². The number of aryl methyl sites for hydroxylation is 1. The molecule has 0 unspecified atom stereocenters. The molecule has 0 fully saturated rings. The summed E-state index contributed by atoms with van der Waals surface area (Å²) in [5.41, 5.74) is 7.74. The van der Waals surface area contributed by atoms with Crippen LogP contribution >= 0.6 is 0 Å². The van der Waals surface area contributed by atoms with Gasteiger partial charge in [0.15, 0.2) is 5.69 Å². The number of aromatic amines is 1. The second-order valence-corrected chi connectivity index (χ2v) is 4.51. The number of amides is 1. The minimum atomic E-state index is -0.0604. The molecule has 102 valence electrons. The van der Waals surface area contributed by atoms with Gasteiger partial charge in [0.05, 0.1) is 11.4 Å². The first-order chi connectivity index (χ1) is 8.65. The number of nitrogens with zero attached hydrogens (tertiary/aromatic N) is 2. The number of carbonyl (C=O) groups excluding carboxylic acids is 1. The van der Waals surface area contributed by atoms with E-state index in [0.717, 1.165) is 44.5 Å². The van der Waals surface area contributed by atoms with Crippen LogP contribution in [0.4, 0.5) is 5.69 Å². The highest BCUT2D eigenvalue weighted by molar-refractivity contribution is 5.97. The van der Waals surface area contributed by atoms with E-state index in [4.69, 9.17) is 5.73 Å². The Kier molecular flexibility index (Phi) is 5.68. The Morgan fingerprint density at radius 1 is 1.22 bits per heavy atom. The Morgan fingerprint density at radius 3 is 2.33 bits per heavy atom. The number of hydrogen-bond donors (Lipinski definition) is 2. The summed E-state index contributed by atoms with van der Waals surface area (Å²) >= 11 is 0. The molecule has 1 heterocycles. The Labute approximate surface area is 109 Å². The summed E-state index contributed by atoms with van der Waals surface area (Å²) in [6.45, 7) is 7.70. The highest BCUT2D eigenvalue weighted by Crippen LogP contribution is 2.17. The molecule has 5 heteroatoms. The molecule has 5 nitrogen and oxygen atoms in total. The summed E-state index contributed by atoms with van der Waals surface area (Å²) in [7, 11) is 0. The lowest BCUT2D eigenvalue weighted by molar-refractivity contribution is 0.0750. The van der Waals surface area contributed by atoms with Gasteiger partial charge >= 0.3 is 0 Å². The number of rotatable bonds is 7. The van der Waals surface area contributed by atoms with Crippen molar-refractivity contribution in [2.45, 2.75) is 46.5 Å². The van der Waals surface area contributed by atoms with Gasteiger partial charge in [0.1, 0.15) is 0 Å². The van der Waals surface area contributed by atoms with Crippen molar-refractivity contribution in [3.05, 3.63) is 11.4 Å². The third-order valence-electron chi connectivity index (χ3n) is 2.86. The molecule has 0 aliphatic rings. The van der Waals surface area contributed by atoms with Crippen LogP contribution in [0.15, 0.2) is 0 Å². The Morgan fingerprint density at radius 2 is 1.83 bits per heavy atom. The summed E-state index contributed by atoms with van der Waals surface area (Å²) in [4.78, 5) is 14.1. The van der Waals surface area contributed by atoms with Gasteiger partial charge < -0.3 is 10.6 Å². The van der Waals surface area contributed by atoms with Crippen LogP contribution in [-0.4, -0.2) is 34.1 Å². The van der Waals surface area contributed by atoms with E-state index in [1.165, 1.54) is 0 Å². The SMILES string of the molecule is CCCc1[nH]nc(C(=O)N(CCC)CCC)c1N. The first-order valence-corrected chi connectivity index (χ1v) is 6.77. The monoisotopic (exact) mass is 252 g/mol. The summed E-state index contributed by atoms with van der Waals surface area (Å²) in [5.74, 6) is -0.0604. The molecule has 0 bridgehead atoms. The smallest absolute Gasteiger partial charge is 0.276 e. The van der Waals surface area contributed by atoms with Gasteiger partial charge in [0.25, 0.3) is 5.91 Å². The first-order valence-electron chi connectivity index (χ1n) is 6.77. The van der Waals surface area contributed by atoms with E-state index in [1.54, 1.807) is 0 Å². The fourth-order valence-corrected chi connectivity index (χ4v) is 1.99. The number of H-pyrrole nitrogens is 1. The lowest BCUT2D eigenvalue weighted by Gasteiger charge is -2.20. The molecule has 0 radical (unpaired) electrons. The summed E-state index contributed by atoms with van der Waals surface area (Å²) in [5, 5.41) is 6.95. The molecule has 0 spiro atoms. The number of hydrogen-bond acceptors (Lipinski definition) is 3. The van der Waals surface area contributed by atoms with Gasteiger partial charge in [-0.15, -0.1) is 0 Å². The lowest BCUT2D eigenvalue weighted by atomic mass is 10.2. The van der Waals surface area contributed by atoms with Crippen LogP contribution in [0.3, 0.4) is 0 Å². The molecule has 18 heavy (non-hydrogen) atoms. The van der Waals surface area contributed by atoms with E-state index in [1.807, 2.05) is 4.90 Å². The number of carbonyl (C=O) groups is 1. The maximum absolute atomic E-state index is 12.3. The molecule has 1 aromatic rings. The number of nitrogen functional groups attached to an aromatic ring is 1. The van der Waals surface area contributed by atoms with Crippen molar-refractivity contribution >= 4 is 11.6 Å². The topological polar surface area (TPSA) is 75.0 Å². The van der Waals surface area contributed by atoms with Crippen molar-refractivity contribution in [1.29, 1.82) is 0 Å². The van der Waals surface area contributed by atoms with Crippen LogP contribution in [0.5, 0.6) is 0 Å². The fourth-order valence-electron chi connectivity index (χ4n) is 1.99. The standard InChI is InChI=1S/C13H24N4O/c1-4-7-10-11(14)12(16-15-10)13(18)17(8-5-2)9-6-3/h4-9,14H2,1-3H3,(H,15,16). The number of nitrogens with two attached hydrogens (primary N) is 1. The minimum absolute atomic E-state index is 0.0604. The Balaban J connectivity index is 2.87. The Hall–Kier alpha value is -1.52. The van der Waals surface area contributed by atoms with Gasteiger partial charge in [-0.25, -0.2) is 0 Å². The zero-order valence-electron chi connectivity index (χ0n) is 11.6. The summed E-state index contributed by atoms with van der Waals surface area (Å²) in [6, 6.07) is 0. The predicted molar refractivity (Wildman–Crippen MR) is 73.5 cm³/mol. The molecule has 1 amide bonds. The van der Waals surface area contributed by atoms with Gasteiger partial charge in [-0.1, -0.05) is 27.2 Å². The number of anilines is 1. The second-order valence-electron chi connectivity index (χ2n) is 4.51. The molecule has 3 N–H and O–H groups in total. The molecule has 0 aliphatic carbocycles. The lowest BCUT2D eigenvalue weighted by Crippen LogP contribution is -2.33. The third-order valence-corrected chi connectivity index (χ3v) is 2.86. The number of nitrogens with one attached hydrogen (secondary N) is 1. The average molecular weight is 252 g/mol. The van der Waals surface area contributed by atoms with Gasteiger partial charge in [-0.2, -0.15) is 5.10 Å². The molecule has 0 saturated carbocycles. The van der Waals surface area contributed by atoms with Crippen molar-refractivity contribution in [3.63, 3.8) is 0 Å². The fraction of sp³-hybridized carbons (Fsp3) is 0.692. The zero-order valence-corrected chi connectivity index (χ0v) is 11.6. The zero-order chi connectivity index (χ0) is 13.5. The summed E-state index contributed by atoms with van der Waals surface area (Å²) < 4.78 is 0. The number of aromatic nitrogens is 2. The average Bonchev–Trinajstić information content (AvgIpc) is 2.71. The van der Waals surface area contributed by atoms with Crippen LogP contribution in [0.2, 0.25) is 0 Å². The molecule has 1 aromatic heterocycles. The maximum Gasteiger partial charge on any atom is 0.276 e. The van der Waals surface area contributed by atoms with E-state index in [0.29, 0.717) is 11.4 Å².